The Morgan fingerprint density at radius 1 is 1.18 bits per heavy atom. The predicted octanol–water partition coefficient (Wildman–Crippen LogP) is 3.63. The summed E-state index contributed by atoms with van der Waals surface area (Å²) in [7, 11) is 3.94. The molecule has 2 aromatic rings. The van der Waals surface area contributed by atoms with Crippen LogP contribution in [0, 0.1) is 5.92 Å². The first kappa shape index (κ1) is 18.2. The Kier molecular flexibility index (Phi) is 4.68. The highest BCUT2D eigenvalue weighted by atomic mass is 16.5. The van der Waals surface area contributed by atoms with Gasteiger partial charge in [0.15, 0.2) is 0 Å². The number of hydrogen-bond donors (Lipinski definition) is 1. The number of carbonyl (C=O) groups is 1. The molecule has 1 aromatic carbocycles. The second kappa shape index (κ2) is 7.20. The molecule has 5 heteroatoms. The minimum absolute atomic E-state index is 0.00166. The van der Waals surface area contributed by atoms with Crippen LogP contribution in [0.1, 0.15) is 49.1 Å². The standard InChI is InChI=1S/C23H30N2O3/c1-25-13-15(23(26)28-17-8-6-16(27-2)7-9-17)10-19-18-4-3-5-20-22(18)14(12-24-20)11-21(19)25/h3-5,12,15-17,19,21,24H,6-11,13H2,1-2H3/t15?,16?,17?,19-,21-/m1/s1. The van der Waals surface area contributed by atoms with Gasteiger partial charge in [-0.2, -0.15) is 0 Å². The zero-order valence-electron chi connectivity index (χ0n) is 16.8. The molecule has 1 saturated heterocycles. The van der Waals surface area contributed by atoms with Gasteiger partial charge in [-0.15, -0.1) is 0 Å². The molecular weight excluding hydrogens is 352 g/mol. The lowest BCUT2D eigenvalue weighted by molar-refractivity contribution is -0.159. The summed E-state index contributed by atoms with van der Waals surface area (Å²) < 4.78 is 11.4. The van der Waals surface area contributed by atoms with Crippen molar-refractivity contribution in [2.45, 2.75) is 62.7 Å². The van der Waals surface area contributed by atoms with E-state index in [4.69, 9.17) is 9.47 Å². The molecule has 0 spiro atoms. The van der Waals surface area contributed by atoms with Crippen LogP contribution in [0.2, 0.25) is 0 Å². The lowest BCUT2D eigenvalue weighted by Gasteiger charge is -2.45. The summed E-state index contributed by atoms with van der Waals surface area (Å²) in [5.41, 5.74) is 4.03. The SMILES string of the molecule is COC1CCC(OC(=O)C2C[C@@H]3c4cccc5[nH]cc(c45)C[C@H]3N(C)C2)CC1. The van der Waals surface area contributed by atoms with Gasteiger partial charge in [-0.3, -0.25) is 4.79 Å². The molecule has 3 aliphatic rings. The van der Waals surface area contributed by atoms with Crippen LogP contribution in [0.3, 0.4) is 0 Å². The number of aromatic nitrogens is 1. The number of nitrogens with one attached hydrogen (secondary N) is 1. The molecule has 28 heavy (non-hydrogen) atoms. The monoisotopic (exact) mass is 382 g/mol. The second-order valence-electron chi connectivity index (χ2n) is 8.91. The second-order valence-corrected chi connectivity index (χ2v) is 8.91. The maximum Gasteiger partial charge on any atom is 0.310 e. The molecule has 1 N–H and O–H groups in total. The summed E-state index contributed by atoms with van der Waals surface area (Å²) in [5.74, 6) is 0.355. The van der Waals surface area contributed by atoms with Crippen molar-refractivity contribution in [2.75, 3.05) is 20.7 Å². The van der Waals surface area contributed by atoms with Crippen LogP contribution in [0.4, 0.5) is 0 Å². The average molecular weight is 383 g/mol. The van der Waals surface area contributed by atoms with E-state index in [1.54, 1.807) is 7.11 Å². The summed E-state index contributed by atoms with van der Waals surface area (Å²) in [5, 5.41) is 1.38. The van der Waals surface area contributed by atoms with Gasteiger partial charge in [-0.1, -0.05) is 12.1 Å². The first-order valence-corrected chi connectivity index (χ1v) is 10.7. The van der Waals surface area contributed by atoms with Crippen molar-refractivity contribution in [3.05, 3.63) is 35.5 Å². The third-order valence-corrected chi connectivity index (χ3v) is 7.30. The molecule has 5 nitrogen and oxygen atoms in total. The number of esters is 1. The molecule has 5 rings (SSSR count). The summed E-state index contributed by atoms with van der Waals surface area (Å²) in [6.07, 6.45) is 8.32. The molecule has 1 aromatic heterocycles. The maximum atomic E-state index is 13.0. The average Bonchev–Trinajstić information content (AvgIpc) is 3.13. The van der Waals surface area contributed by atoms with Crippen LogP contribution >= 0.6 is 0 Å². The Bertz CT molecular complexity index is 868. The van der Waals surface area contributed by atoms with E-state index in [9.17, 15) is 4.79 Å². The first-order chi connectivity index (χ1) is 13.6. The van der Waals surface area contributed by atoms with Gasteiger partial charge in [0.1, 0.15) is 6.10 Å². The summed E-state index contributed by atoms with van der Waals surface area (Å²) in [6.45, 7) is 0.795. The van der Waals surface area contributed by atoms with Gasteiger partial charge in [0.05, 0.1) is 12.0 Å². The Morgan fingerprint density at radius 2 is 1.96 bits per heavy atom. The van der Waals surface area contributed by atoms with E-state index in [0.29, 0.717) is 18.1 Å². The Labute approximate surface area is 166 Å². The van der Waals surface area contributed by atoms with Crippen molar-refractivity contribution in [3.63, 3.8) is 0 Å². The van der Waals surface area contributed by atoms with Crippen LogP contribution in [-0.4, -0.2) is 54.8 Å². The quantitative estimate of drug-likeness (QED) is 0.824. The lowest BCUT2D eigenvalue weighted by atomic mass is 9.72. The highest BCUT2D eigenvalue weighted by molar-refractivity contribution is 5.88. The van der Waals surface area contributed by atoms with Crippen LogP contribution in [-0.2, 0) is 20.7 Å². The number of nitrogens with zero attached hydrogens (tertiary/aromatic N) is 1. The van der Waals surface area contributed by atoms with Crippen LogP contribution < -0.4 is 0 Å². The fraction of sp³-hybridized carbons (Fsp3) is 0.609. The molecule has 0 radical (unpaired) electrons. The van der Waals surface area contributed by atoms with Gasteiger partial charge in [0, 0.05) is 42.7 Å². The van der Waals surface area contributed by atoms with E-state index in [-0.39, 0.29) is 18.0 Å². The zero-order chi connectivity index (χ0) is 19.3. The minimum Gasteiger partial charge on any atom is -0.462 e. The van der Waals surface area contributed by atoms with E-state index >= 15 is 0 Å². The van der Waals surface area contributed by atoms with E-state index < -0.39 is 0 Å². The topological polar surface area (TPSA) is 54.6 Å². The minimum atomic E-state index is -0.0397. The Morgan fingerprint density at radius 3 is 2.75 bits per heavy atom. The fourth-order valence-corrected chi connectivity index (χ4v) is 5.76. The molecule has 3 atom stereocenters. The third kappa shape index (κ3) is 3.05. The van der Waals surface area contributed by atoms with Crippen molar-refractivity contribution < 1.29 is 14.3 Å². The molecule has 1 unspecified atom stereocenters. The number of aromatic amines is 1. The van der Waals surface area contributed by atoms with Crippen molar-refractivity contribution in [2.24, 2.45) is 5.92 Å². The first-order valence-electron chi connectivity index (χ1n) is 10.7. The number of piperidine rings is 1. The number of likely N-dealkylation sites (tertiary alicyclic amines) is 1. The van der Waals surface area contributed by atoms with Crippen molar-refractivity contribution in [1.82, 2.24) is 9.88 Å². The van der Waals surface area contributed by atoms with Gasteiger partial charge in [0.2, 0.25) is 0 Å². The molecular formula is C23H30N2O3. The van der Waals surface area contributed by atoms with Crippen LogP contribution in [0.15, 0.2) is 24.4 Å². The molecule has 2 heterocycles. The van der Waals surface area contributed by atoms with Gasteiger partial charge in [-0.25, -0.2) is 0 Å². The number of ether oxygens (including phenoxy) is 2. The summed E-state index contributed by atoms with van der Waals surface area (Å²) in [4.78, 5) is 18.8. The van der Waals surface area contributed by atoms with Crippen molar-refractivity contribution in [1.29, 1.82) is 0 Å². The van der Waals surface area contributed by atoms with Gasteiger partial charge in [-0.05, 0) is 62.8 Å². The number of carbonyl (C=O) groups excluding carboxylic acids is 1. The number of hydrogen-bond acceptors (Lipinski definition) is 4. The number of benzene rings is 1. The van der Waals surface area contributed by atoms with Crippen LogP contribution in [0.5, 0.6) is 0 Å². The molecule has 1 aliphatic heterocycles. The zero-order valence-corrected chi connectivity index (χ0v) is 16.8. The summed E-state index contributed by atoms with van der Waals surface area (Å²) >= 11 is 0. The highest BCUT2D eigenvalue weighted by Gasteiger charge is 2.42. The number of methoxy groups -OCH3 is 1. The smallest absolute Gasteiger partial charge is 0.310 e. The highest BCUT2D eigenvalue weighted by Crippen LogP contribution is 2.44. The molecule has 2 fully saturated rings. The normalized spacial score (nSPS) is 32.9. The van der Waals surface area contributed by atoms with E-state index in [1.165, 1.54) is 22.0 Å². The Balaban J connectivity index is 1.32. The van der Waals surface area contributed by atoms with Gasteiger partial charge in [0.25, 0.3) is 0 Å². The Hall–Kier alpha value is -1.85. The molecule has 150 valence electrons. The van der Waals surface area contributed by atoms with Gasteiger partial charge >= 0.3 is 5.97 Å². The largest absolute Gasteiger partial charge is 0.462 e. The van der Waals surface area contributed by atoms with Crippen LogP contribution in [0.25, 0.3) is 10.9 Å². The number of rotatable bonds is 3. The molecule has 0 bridgehead atoms. The van der Waals surface area contributed by atoms with E-state index in [0.717, 1.165) is 45.1 Å². The molecule has 0 amide bonds. The number of fused-ring (bicyclic) bond motifs is 2. The number of likely N-dealkylation sites (N-methyl/N-ethyl adjacent to an activating group) is 1. The molecule has 1 saturated carbocycles. The third-order valence-electron chi connectivity index (χ3n) is 7.30. The lowest BCUT2D eigenvalue weighted by Crippen LogP contribution is -2.50. The fourth-order valence-electron chi connectivity index (χ4n) is 5.76. The van der Waals surface area contributed by atoms with Crippen molar-refractivity contribution >= 4 is 16.9 Å². The number of H-pyrrole nitrogens is 1. The van der Waals surface area contributed by atoms with E-state index in [1.807, 2.05) is 0 Å². The predicted molar refractivity (Wildman–Crippen MR) is 108 cm³/mol. The van der Waals surface area contributed by atoms with Crippen molar-refractivity contribution in [3.8, 4) is 0 Å². The maximum absolute atomic E-state index is 13.0. The summed E-state index contributed by atoms with van der Waals surface area (Å²) in [6, 6.07) is 7.01. The van der Waals surface area contributed by atoms with Gasteiger partial charge < -0.3 is 19.4 Å². The van der Waals surface area contributed by atoms with E-state index in [2.05, 4.69) is 41.3 Å². The molecule has 2 aliphatic carbocycles.